The number of ether oxygens (including phenoxy) is 1. The second kappa shape index (κ2) is 4.71. The Labute approximate surface area is 131 Å². The molecule has 0 N–H and O–H groups in total. The van der Waals surface area contributed by atoms with Crippen LogP contribution >= 0.6 is 0 Å². The van der Waals surface area contributed by atoms with E-state index in [1.54, 1.807) is 31.4 Å². The highest BCUT2D eigenvalue weighted by atomic mass is 16.5. The first-order chi connectivity index (χ1) is 11.1. The van der Waals surface area contributed by atoms with E-state index in [2.05, 4.69) is 9.97 Å². The highest BCUT2D eigenvalue weighted by Crippen LogP contribution is 2.32. The predicted octanol–water partition coefficient (Wildman–Crippen LogP) is 2.72. The number of carbonyl (C=O) groups excluding carboxylic acids is 2. The number of hydrogen-bond acceptors (Lipinski definition) is 5. The molecule has 1 aromatic carbocycles. The van der Waals surface area contributed by atoms with Crippen LogP contribution < -0.4 is 4.74 Å². The van der Waals surface area contributed by atoms with Crippen LogP contribution in [0.3, 0.4) is 0 Å². The van der Waals surface area contributed by atoms with Gasteiger partial charge in [-0.2, -0.15) is 0 Å². The minimum absolute atomic E-state index is 0.192. The van der Waals surface area contributed by atoms with Crippen molar-refractivity contribution in [2.45, 2.75) is 6.92 Å². The SMILES string of the molecule is COc1ccc2nc3c(c(C)c2c1)C(=O)c1ncccc1C3=O. The third-order valence-electron chi connectivity index (χ3n) is 4.16. The molecule has 1 aliphatic carbocycles. The molecule has 0 spiro atoms. The van der Waals surface area contributed by atoms with Crippen LogP contribution in [0.2, 0.25) is 0 Å². The molecule has 0 bridgehead atoms. The first-order valence-corrected chi connectivity index (χ1v) is 7.14. The molecule has 0 fully saturated rings. The monoisotopic (exact) mass is 304 g/mol. The summed E-state index contributed by atoms with van der Waals surface area (Å²) in [6.45, 7) is 1.82. The van der Waals surface area contributed by atoms with Crippen LogP contribution in [0.4, 0.5) is 0 Å². The van der Waals surface area contributed by atoms with E-state index in [0.717, 1.165) is 10.9 Å². The highest BCUT2D eigenvalue weighted by molar-refractivity contribution is 6.28. The Bertz CT molecular complexity index is 1010. The average Bonchev–Trinajstić information content (AvgIpc) is 2.59. The summed E-state index contributed by atoms with van der Waals surface area (Å²) >= 11 is 0. The van der Waals surface area contributed by atoms with Crippen molar-refractivity contribution in [1.29, 1.82) is 0 Å². The van der Waals surface area contributed by atoms with E-state index in [1.807, 2.05) is 13.0 Å². The van der Waals surface area contributed by atoms with Gasteiger partial charge in [0.25, 0.3) is 0 Å². The Morgan fingerprint density at radius 1 is 1.04 bits per heavy atom. The van der Waals surface area contributed by atoms with Gasteiger partial charge in [-0.25, -0.2) is 4.98 Å². The van der Waals surface area contributed by atoms with Crippen LogP contribution in [0.25, 0.3) is 10.9 Å². The fourth-order valence-corrected chi connectivity index (χ4v) is 2.99. The zero-order valence-electron chi connectivity index (χ0n) is 12.6. The van der Waals surface area contributed by atoms with Gasteiger partial charge in [0, 0.05) is 11.6 Å². The van der Waals surface area contributed by atoms with Crippen LogP contribution in [0, 0.1) is 6.92 Å². The van der Waals surface area contributed by atoms with E-state index in [0.29, 0.717) is 22.4 Å². The van der Waals surface area contributed by atoms with Gasteiger partial charge in [-0.3, -0.25) is 14.6 Å². The minimum atomic E-state index is -0.261. The van der Waals surface area contributed by atoms with Crippen molar-refractivity contribution in [2.24, 2.45) is 0 Å². The maximum absolute atomic E-state index is 12.8. The summed E-state index contributed by atoms with van der Waals surface area (Å²) in [5.74, 6) is 0.156. The van der Waals surface area contributed by atoms with Gasteiger partial charge in [-0.05, 0) is 42.8 Å². The van der Waals surface area contributed by atoms with Gasteiger partial charge in [-0.1, -0.05) is 0 Å². The third kappa shape index (κ3) is 1.80. The van der Waals surface area contributed by atoms with E-state index in [9.17, 15) is 9.59 Å². The van der Waals surface area contributed by atoms with Gasteiger partial charge in [-0.15, -0.1) is 0 Å². The van der Waals surface area contributed by atoms with Crippen molar-refractivity contribution in [3.63, 3.8) is 0 Å². The van der Waals surface area contributed by atoms with Gasteiger partial charge in [0.05, 0.1) is 23.8 Å². The number of benzene rings is 1. The van der Waals surface area contributed by atoms with Crippen molar-refractivity contribution in [2.75, 3.05) is 7.11 Å². The van der Waals surface area contributed by atoms with Gasteiger partial charge in [0.1, 0.15) is 17.1 Å². The molecule has 4 rings (SSSR count). The standard InChI is InChI=1S/C18H12N2O3/c1-9-12-8-10(23-2)5-6-13(12)20-16-14(9)18(22)15-11(17(16)21)4-3-7-19-15/h3-8H,1-2H3. The molecule has 0 radical (unpaired) electrons. The predicted molar refractivity (Wildman–Crippen MR) is 84.1 cm³/mol. The molecule has 5 heteroatoms. The van der Waals surface area contributed by atoms with Crippen LogP contribution in [0.15, 0.2) is 36.5 Å². The molecule has 112 valence electrons. The Morgan fingerprint density at radius 3 is 2.65 bits per heavy atom. The molecule has 0 saturated heterocycles. The molecular formula is C18H12N2O3. The number of rotatable bonds is 1. The van der Waals surface area contributed by atoms with Crippen molar-refractivity contribution in [1.82, 2.24) is 9.97 Å². The van der Waals surface area contributed by atoms with Crippen LogP contribution in [-0.4, -0.2) is 28.6 Å². The van der Waals surface area contributed by atoms with Crippen LogP contribution in [0.5, 0.6) is 5.75 Å². The molecule has 0 aliphatic heterocycles. The topological polar surface area (TPSA) is 69.2 Å². The molecule has 0 atom stereocenters. The van der Waals surface area contributed by atoms with Crippen molar-refractivity contribution >= 4 is 22.5 Å². The molecule has 0 unspecified atom stereocenters. The second-order valence-electron chi connectivity index (χ2n) is 5.40. The molecule has 3 aromatic rings. The number of aryl methyl sites for hydroxylation is 1. The summed E-state index contributed by atoms with van der Waals surface area (Å²) in [5.41, 5.74) is 2.42. The number of hydrogen-bond donors (Lipinski definition) is 0. The normalized spacial score (nSPS) is 13.0. The van der Waals surface area contributed by atoms with E-state index >= 15 is 0 Å². The van der Waals surface area contributed by atoms with Crippen LogP contribution in [-0.2, 0) is 0 Å². The molecule has 23 heavy (non-hydrogen) atoms. The Kier molecular flexibility index (Phi) is 2.78. The average molecular weight is 304 g/mol. The number of fused-ring (bicyclic) bond motifs is 3. The number of methoxy groups -OCH3 is 1. The van der Waals surface area contributed by atoms with Gasteiger partial charge in [0.2, 0.25) is 11.6 Å². The van der Waals surface area contributed by atoms with E-state index in [1.165, 1.54) is 6.20 Å². The Morgan fingerprint density at radius 2 is 1.87 bits per heavy atom. The smallest absolute Gasteiger partial charge is 0.214 e. The summed E-state index contributed by atoms with van der Waals surface area (Å²) in [4.78, 5) is 34.0. The van der Waals surface area contributed by atoms with Crippen molar-refractivity contribution in [3.05, 3.63) is 64.6 Å². The lowest BCUT2D eigenvalue weighted by atomic mass is 9.86. The molecule has 2 aromatic heterocycles. The molecule has 0 saturated carbocycles. The lowest BCUT2D eigenvalue weighted by Gasteiger charge is -2.19. The number of nitrogens with zero attached hydrogens (tertiary/aromatic N) is 2. The van der Waals surface area contributed by atoms with E-state index in [-0.39, 0.29) is 23.0 Å². The van der Waals surface area contributed by atoms with Gasteiger partial charge < -0.3 is 4.74 Å². The summed E-state index contributed by atoms with van der Waals surface area (Å²) in [5, 5.41) is 0.795. The lowest BCUT2D eigenvalue weighted by molar-refractivity contribution is 0.0971. The molecular weight excluding hydrogens is 292 g/mol. The number of aromatic nitrogens is 2. The maximum Gasteiger partial charge on any atom is 0.214 e. The van der Waals surface area contributed by atoms with Crippen molar-refractivity contribution < 1.29 is 14.3 Å². The maximum atomic E-state index is 12.8. The second-order valence-corrected chi connectivity index (χ2v) is 5.40. The summed E-state index contributed by atoms with van der Waals surface area (Å²) in [6.07, 6.45) is 1.52. The first-order valence-electron chi connectivity index (χ1n) is 7.14. The quantitative estimate of drug-likeness (QED) is 0.541. The zero-order valence-corrected chi connectivity index (χ0v) is 12.6. The fraction of sp³-hybridized carbons (Fsp3) is 0.111. The summed E-state index contributed by atoms with van der Waals surface area (Å²) < 4.78 is 5.23. The molecule has 2 heterocycles. The first kappa shape index (κ1) is 13.6. The van der Waals surface area contributed by atoms with E-state index in [4.69, 9.17) is 4.74 Å². The number of pyridine rings is 2. The highest BCUT2D eigenvalue weighted by Gasteiger charge is 2.34. The van der Waals surface area contributed by atoms with Crippen molar-refractivity contribution in [3.8, 4) is 5.75 Å². The lowest BCUT2D eigenvalue weighted by Crippen LogP contribution is -2.24. The molecule has 1 aliphatic rings. The third-order valence-corrected chi connectivity index (χ3v) is 4.16. The number of carbonyl (C=O) groups is 2. The fourth-order valence-electron chi connectivity index (χ4n) is 2.99. The zero-order chi connectivity index (χ0) is 16.1. The van der Waals surface area contributed by atoms with E-state index < -0.39 is 0 Å². The Hall–Kier alpha value is -3.08. The summed E-state index contributed by atoms with van der Waals surface area (Å²) in [6, 6.07) is 8.65. The van der Waals surface area contributed by atoms with Gasteiger partial charge in [0.15, 0.2) is 0 Å². The number of ketones is 2. The van der Waals surface area contributed by atoms with Crippen LogP contribution in [0.1, 0.15) is 37.7 Å². The largest absolute Gasteiger partial charge is 0.497 e. The Balaban J connectivity index is 2.08. The minimum Gasteiger partial charge on any atom is -0.497 e. The van der Waals surface area contributed by atoms with Gasteiger partial charge >= 0.3 is 0 Å². The summed E-state index contributed by atoms with van der Waals surface area (Å²) in [7, 11) is 1.58. The molecule has 5 nitrogen and oxygen atoms in total. The molecule has 0 amide bonds.